The topological polar surface area (TPSA) is 69.6 Å². The van der Waals surface area contributed by atoms with Crippen LogP contribution in [0.15, 0.2) is 0 Å². The van der Waals surface area contributed by atoms with Crippen LogP contribution in [0.2, 0.25) is 0 Å². The molecule has 0 radical (unpaired) electrons. The van der Waals surface area contributed by atoms with Gasteiger partial charge in [-0.25, -0.2) is 4.79 Å². The molecule has 0 aromatic heterocycles. The third-order valence-corrected chi connectivity index (χ3v) is 3.66. The molecule has 1 saturated heterocycles. The molecule has 1 aliphatic heterocycles. The fraction of sp³-hybridized carbons (Fsp3) is 0.846. The van der Waals surface area contributed by atoms with E-state index in [0.29, 0.717) is 18.3 Å². The van der Waals surface area contributed by atoms with E-state index in [1.165, 1.54) is 0 Å². The first-order valence-corrected chi connectivity index (χ1v) is 6.71. The molecule has 5 nitrogen and oxygen atoms in total. The molecule has 3 atom stereocenters. The molecule has 18 heavy (non-hydrogen) atoms. The number of urea groups is 1. The maximum Gasteiger partial charge on any atom is 0.317 e. The molecule has 3 unspecified atom stereocenters. The van der Waals surface area contributed by atoms with Gasteiger partial charge in [0.05, 0.1) is 6.42 Å². The van der Waals surface area contributed by atoms with Crippen molar-refractivity contribution >= 4 is 12.0 Å². The number of nitrogens with zero attached hydrogens (tertiary/aromatic N) is 1. The molecule has 1 heterocycles. The van der Waals surface area contributed by atoms with Crippen molar-refractivity contribution < 1.29 is 14.7 Å². The molecule has 5 heteroatoms. The van der Waals surface area contributed by atoms with E-state index in [0.717, 1.165) is 19.5 Å². The fourth-order valence-corrected chi connectivity index (χ4v) is 2.35. The summed E-state index contributed by atoms with van der Waals surface area (Å²) in [5, 5.41) is 11.6. The summed E-state index contributed by atoms with van der Waals surface area (Å²) in [7, 11) is 0. The summed E-state index contributed by atoms with van der Waals surface area (Å²) < 4.78 is 0. The van der Waals surface area contributed by atoms with Gasteiger partial charge in [0.2, 0.25) is 0 Å². The molecule has 0 aliphatic carbocycles. The van der Waals surface area contributed by atoms with Crippen LogP contribution in [0.4, 0.5) is 4.79 Å². The molecule has 0 bridgehead atoms. The summed E-state index contributed by atoms with van der Waals surface area (Å²) in [6, 6.07) is -0.378. The van der Waals surface area contributed by atoms with Gasteiger partial charge in [-0.3, -0.25) is 4.79 Å². The Labute approximate surface area is 109 Å². The van der Waals surface area contributed by atoms with Crippen LogP contribution in [-0.4, -0.2) is 41.1 Å². The summed E-state index contributed by atoms with van der Waals surface area (Å²) in [5.41, 5.74) is 0. The first kappa shape index (κ1) is 14.8. The van der Waals surface area contributed by atoms with Crippen molar-refractivity contribution in [3.63, 3.8) is 0 Å². The average Bonchev–Trinajstić information content (AvgIpc) is 2.58. The van der Waals surface area contributed by atoms with Crippen LogP contribution in [-0.2, 0) is 4.79 Å². The first-order chi connectivity index (χ1) is 8.43. The van der Waals surface area contributed by atoms with Gasteiger partial charge in [0, 0.05) is 19.1 Å². The van der Waals surface area contributed by atoms with Gasteiger partial charge < -0.3 is 15.3 Å². The quantitative estimate of drug-likeness (QED) is 0.789. The molecule has 0 spiro atoms. The van der Waals surface area contributed by atoms with Crippen LogP contribution in [0.25, 0.3) is 0 Å². The number of carbonyl (C=O) groups excluding carboxylic acids is 1. The van der Waals surface area contributed by atoms with E-state index in [1.54, 1.807) is 4.90 Å². The van der Waals surface area contributed by atoms with Gasteiger partial charge in [-0.2, -0.15) is 0 Å². The lowest BCUT2D eigenvalue weighted by atomic mass is 10.0. The summed E-state index contributed by atoms with van der Waals surface area (Å²) >= 11 is 0. The number of rotatable bonds is 5. The van der Waals surface area contributed by atoms with Gasteiger partial charge in [-0.15, -0.1) is 0 Å². The summed E-state index contributed by atoms with van der Waals surface area (Å²) in [6.45, 7) is 7.79. The highest BCUT2D eigenvalue weighted by molar-refractivity contribution is 5.76. The van der Waals surface area contributed by atoms with Crippen molar-refractivity contribution in [1.29, 1.82) is 0 Å². The van der Waals surface area contributed by atoms with Crippen LogP contribution < -0.4 is 5.32 Å². The molecule has 0 aromatic rings. The second-order valence-corrected chi connectivity index (χ2v) is 5.39. The van der Waals surface area contributed by atoms with E-state index in [4.69, 9.17) is 5.11 Å². The van der Waals surface area contributed by atoms with Crippen LogP contribution in [0.5, 0.6) is 0 Å². The highest BCUT2D eigenvalue weighted by Gasteiger charge is 2.30. The molecule has 0 saturated carbocycles. The Balaban J connectivity index is 2.48. The monoisotopic (exact) mass is 256 g/mol. The molecule has 2 amide bonds. The standard InChI is InChI=1S/C13H24N2O3/c1-4-5-11(6-12(16)17)14-13(18)15-7-9(2)10(3)8-15/h9-11H,4-8H2,1-3H3,(H,14,18)(H,16,17). The van der Waals surface area contributed by atoms with E-state index >= 15 is 0 Å². The summed E-state index contributed by atoms with van der Waals surface area (Å²) in [4.78, 5) is 24.5. The number of nitrogens with one attached hydrogen (secondary N) is 1. The molecule has 104 valence electrons. The number of carbonyl (C=O) groups is 2. The SMILES string of the molecule is CCCC(CC(=O)O)NC(=O)N1CC(C)C(C)C1. The van der Waals surface area contributed by atoms with Crippen LogP contribution in [0.3, 0.4) is 0 Å². The van der Waals surface area contributed by atoms with E-state index in [2.05, 4.69) is 19.2 Å². The van der Waals surface area contributed by atoms with Crippen molar-refractivity contribution in [1.82, 2.24) is 10.2 Å². The highest BCUT2D eigenvalue weighted by atomic mass is 16.4. The fourth-order valence-electron chi connectivity index (χ4n) is 2.35. The Bertz CT molecular complexity index is 297. The van der Waals surface area contributed by atoms with Gasteiger partial charge >= 0.3 is 12.0 Å². The van der Waals surface area contributed by atoms with Crippen LogP contribution in [0, 0.1) is 11.8 Å². The van der Waals surface area contributed by atoms with Crippen molar-refractivity contribution in [2.24, 2.45) is 11.8 Å². The maximum atomic E-state index is 12.0. The van der Waals surface area contributed by atoms with Crippen LogP contribution in [0.1, 0.15) is 40.0 Å². The number of likely N-dealkylation sites (tertiary alicyclic amines) is 1. The Morgan fingerprint density at radius 1 is 1.33 bits per heavy atom. The second kappa shape index (κ2) is 6.61. The smallest absolute Gasteiger partial charge is 0.317 e. The summed E-state index contributed by atoms with van der Waals surface area (Å²) in [5.74, 6) is 0.164. The minimum Gasteiger partial charge on any atom is -0.481 e. The predicted octanol–water partition coefficient (Wildman–Crippen LogP) is 1.93. The van der Waals surface area contributed by atoms with Gasteiger partial charge in [0.1, 0.15) is 0 Å². The van der Waals surface area contributed by atoms with Gasteiger partial charge in [-0.05, 0) is 18.3 Å². The Morgan fingerprint density at radius 3 is 2.33 bits per heavy atom. The average molecular weight is 256 g/mol. The van der Waals surface area contributed by atoms with Gasteiger partial charge in [-0.1, -0.05) is 27.2 Å². The minimum atomic E-state index is -0.864. The minimum absolute atomic E-state index is 0.00146. The molecule has 2 N–H and O–H groups in total. The molecule has 0 aromatic carbocycles. The molecular weight excluding hydrogens is 232 g/mol. The number of hydrogen-bond acceptors (Lipinski definition) is 2. The predicted molar refractivity (Wildman–Crippen MR) is 69.4 cm³/mol. The zero-order valence-electron chi connectivity index (χ0n) is 11.5. The largest absolute Gasteiger partial charge is 0.481 e. The van der Waals surface area contributed by atoms with Crippen molar-refractivity contribution in [3.8, 4) is 0 Å². The lowest BCUT2D eigenvalue weighted by Crippen LogP contribution is -2.44. The summed E-state index contributed by atoms with van der Waals surface area (Å²) in [6.07, 6.45) is 1.57. The highest BCUT2D eigenvalue weighted by Crippen LogP contribution is 2.22. The zero-order chi connectivity index (χ0) is 13.7. The van der Waals surface area contributed by atoms with Crippen molar-refractivity contribution in [2.45, 2.75) is 46.1 Å². The first-order valence-electron chi connectivity index (χ1n) is 6.71. The normalized spacial score (nSPS) is 24.9. The zero-order valence-corrected chi connectivity index (χ0v) is 11.5. The number of carboxylic acid groups (broad SMARTS) is 1. The van der Waals surface area contributed by atoms with E-state index in [9.17, 15) is 9.59 Å². The van der Waals surface area contributed by atoms with E-state index in [1.807, 2.05) is 6.92 Å². The number of hydrogen-bond donors (Lipinski definition) is 2. The molecule has 1 aliphatic rings. The van der Waals surface area contributed by atoms with Crippen molar-refractivity contribution in [3.05, 3.63) is 0 Å². The third-order valence-electron chi connectivity index (χ3n) is 3.66. The number of amides is 2. The van der Waals surface area contributed by atoms with Gasteiger partial charge in [0.25, 0.3) is 0 Å². The Kier molecular flexibility index (Phi) is 5.44. The lowest BCUT2D eigenvalue weighted by molar-refractivity contribution is -0.137. The van der Waals surface area contributed by atoms with Crippen molar-refractivity contribution in [2.75, 3.05) is 13.1 Å². The Morgan fingerprint density at radius 2 is 1.89 bits per heavy atom. The Hall–Kier alpha value is -1.26. The molecule has 1 rings (SSSR count). The van der Waals surface area contributed by atoms with E-state index in [-0.39, 0.29) is 18.5 Å². The van der Waals surface area contributed by atoms with Crippen LogP contribution >= 0.6 is 0 Å². The number of aliphatic carboxylic acids is 1. The third kappa shape index (κ3) is 4.20. The maximum absolute atomic E-state index is 12.0. The van der Waals surface area contributed by atoms with E-state index < -0.39 is 5.97 Å². The van der Waals surface area contributed by atoms with Gasteiger partial charge in [0.15, 0.2) is 0 Å². The lowest BCUT2D eigenvalue weighted by Gasteiger charge is -2.22. The molecule has 1 fully saturated rings. The second-order valence-electron chi connectivity index (χ2n) is 5.39. The molecular formula is C13H24N2O3. The number of carboxylic acids is 1.